The zero-order valence-electron chi connectivity index (χ0n) is 17.9. The van der Waals surface area contributed by atoms with Gasteiger partial charge < -0.3 is 38.3 Å². The van der Waals surface area contributed by atoms with Crippen LogP contribution in [0.15, 0.2) is 35.3 Å². The third kappa shape index (κ3) is 10.4. The summed E-state index contributed by atoms with van der Waals surface area (Å²) in [5, 5.41) is 16.0. The Morgan fingerprint density at radius 1 is 1.03 bits per heavy atom. The van der Waals surface area contributed by atoms with Gasteiger partial charge in [-0.05, 0) is 31.7 Å². The summed E-state index contributed by atoms with van der Waals surface area (Å²) in [7, 11) is 0. The highest BCUT2D eigenvalue weighted by Gasteiger charge is 2.25. The van der Waals surface area contributed by atoms with Gasteiger partial charge in [-0.25, -0.2) is 0 Å². The number of nitrogens with zero attached hydrogens (tertiary/aromatic N) is 1. The molecule has 0 aliphatic heterocycles. The monoisotopic (exact) mass is 449 g/mol. The number of carboxylic acids is 1. The summed E-state index contributed by atoms with van der Waals surface area (Å²) in [5.74, 6) is -3.15. The van der Waals surface area contributed by atoms with Gasteiger partial charge in [0.25, 0.3) is 0 Å². The Hall–Kier alpha value is -3.67. The van der Waals surface area contributed by atoms with Gasteiger partial charge in [0.1, 0.15) is 18.6 Å². The summed E-state index contributed by atoms with van der Waals surface area (Å²) in [6.07, 6.45) is 0.806. The molecular formula is C20H31N7O5. The Morgan fingerprint density at radius 3 is 2.28 bits per heavy atom. The van der Waals surface area contributed by atoms with E-state index in [1.807, 2.05) is 30.3 Å². The Bertz CT molecular complexity index is 812. The molecule has 0 radical (unpaired) electrons. The predicted molar refractivity (Wildman–Crippen MR) is 118 cm³/mol. The highest BCUT2D eigenvalue weighted by Crippen LogP contribution is 2.03. The van der Waals surface area contributed by atoms with E-state index in [0.717, 1.165) is 5.56 Å². The topological polar surface area (TPSA) is 215 Å². The van der Waals surface area contributed by atoms with Gasteiger partial charge in [0, 0.05) is 6.54 Å². The van der Waals surface area contributed by atoms with Crippen LogP contribution in [0.4, 0.5) is 0 Å². The first-order chi connectivity index (χ1) is 15.1. The van der Waals surface area contributed by atoms with Crippen molar-refractivity contribution < 1.29 is 24.3 Å². The van der Waals surface area contributed by atoms with E-state index in [0.29, 0.717) is 12.8 Å². The van der Waals surface area contributed by atoms with Crippen molar-refractivity contribution in [1.29, 1.82) is 0 Å². The molecule has 32 heavy (non-hydrogen) atoms. The first-order valence-electron chi connectivity index (χ1n) is 10.0. The first-order valence-corrected chi connectivity index (χ1v) is 10.0. The molecule has 1 aromatic carbocycles. The van der Waals surface area contributed by atoms with Crippen LogP contribution in [-0.4, -0.2) is 66.0 Å². The van der Waals surface area contributed by atoms with Gasteiger partial charge >= 0.3 is 5.97 Å². The molecule has 12 nitrogen and oxygen atoms in total. The molecule has 0 fully saturated rings. The lowest BCUT2D eigenvalue weighted by Crippen LogP contribution is -2.55. The lowest BCUT2D eigenvalue weighted by atomic mass is 10.1. The van der Waals surface area contributed by atoms with Gasteiger partial charge in [-0.2, -0.15) is 0 Å². The molecule has 1 rings (SSSR count). The molecule has 0 aliphatic rings. The van der Waals surface area contributed by atoms with Crippen LogP contribution in [0.1, 0.15) is 25.3 Å². The van der Waals surface area contributed by atoms with Gasteiger partial charge in [0.2, 0.25) is 17.7 Å². The van der Waals surface area contributed by atoms with Crippen LogP contribution in [0, 0.1) is 0 Å². The summed E-state index contributed by atoms with van der Waals surface area (Å²) in [6, 6.07) is 6.32. The standard InChI is InChI=1S/C20H31N7O5/c1-12(26-18(31)14(21)10-13-6-3-2-4-7-13)17(30)27-15(8-5-9-24-20(22)23)19(32)25-11-16(28)29/h2-4,6-7,12,14-15H,5,8-11,21H2,1H3,(H,25,32)(H,26,31)(H,27,30)(H,28,29)(H4,22,23,24). The fourth-order valence-electron chi connectivity index (χ4n) is 2.70. The molecule has 0 saturated heterocycles. The van der Waals surface area contributed by atoms with E-state index in [9.17, 15) is 19.2 Å². The van der Waals surface area contributed by atoms with Gasteiger partial charge in [-0.3, -0.25) is 24.2 Å². The summed E-state index contributed by atoms with van der Waals surface area (Å²) in [4.78, 5) is 51.6. The third-order valence-electron chi connectivity index (χ3n) is 4.38. The lowest BCUT2D eigenvalue weighted by molar-refractivity contribution is -0.138. The number of carbonyl (C=O) groups excluding carboxylic acids is 3. The van der Waals surface area contributed by atoms with Crippen molar-refractivity contribution in [2.24, 2.45) is 22.2 Å². The smallest absolute Gasteiger partial charge is 0.322 e. The number of carbonyl (C=O) groups is 4. The van der Waals surface area contributed by atoms with Crippen molar-refractivity contribution in [3.05, 3.63) is 35.9 Å². The first kappa shape index (κ1) is 26.4. The van der Waals surface area contributed by atoms with Crippen LogP contribution in [0.5, 0.6) is 0 Å². The molecule has 0 saturated carbocycles. The molecule has 176 valence electrons. The molecule has 0 bridgehead atoms. The Morgan fingerprint density at radius 2 is 1.69 bits per heavy atom. The minimum absolute atomic E-state index is 0.107. The summed E-state index contributed by atoms with van der Waals surface area (Å²) in [6.45, 7) is 1.08. The van der Waals surface area contributed by atoms with Gasteiger partial charge in [0.05, 0.1) is 6.04 Å². The third-order valence-corrected chi connectivity index (χ3v) is 4.38. The fraction of sp³-hybridized carbons (Fsp3) is 0.450. The van der Waals surface area contributed by atoms with E-state index < -0.39 is 48.4 Å². The highest BCUT2D eigenvalue weighted by molar-refractivity contribution is 5.93. The Labute approximate surface area is 186 Å². The van der Waals surface area contributed by atoms with Gasteiger partial charge in [-0.15, -0.1) is 0 Å². The largest absolute Gasteiger partial charge is 0.480 e. The average molecular weight is 450 g/mol. The number of rotatable bonds is 13. The molecule has 3 unspecified atom stereocenters. The molecule has 1 aromatic rings. The predicted octanol–water partition coefficient (Wildman–Crippen LogP) is -2.20. The molecule has 0 aromatic heterocycles. The van der Waals surface area contributed by atoms with Crippen molar-refractivity contribution >= 4 is 29.7 Å². The molecule has 0 aliphatic carbocycles. The fourth-order valence-corrected chi connectivity index (χ4v) is 2.70. The zero-order valence-corrected chi connectivity index (χ0v) is 17.9. The Balaban J connectivity index is 2.66. The second-order valence-electron chi connectivity index (χ2n) is 7.15. The van der Waals surface area contributed by atoms with Crippen molar-refractivity contribution in [3.8, 4) is 0 Å². The highest BCUT2D eigenvalue weighted by atomic mass is 16.4. The minimum Gasteiger partial charge on any atom is -0.480 e. The van der Waals surface area contributed by atoms with Crippen LogP contribution in [0.25, 0.3) is 0 Å². The van der Waals surface area contributed by atoms with Crippen molar-refractivity contribution in [2.45, 2.75) is 44.3 Å². The molecule has 3 atom stereocenters. The number of aliphatic imine (C=N–C) groups is 1. The second-order valence-corrected chi connectivity index (χ2v) is 7.15. The number of carboxylic acid groups (broad SMARTS) is 1. The van der Waals surface area contributed by atoms with E-state index in [-0.39, 0.29) is 18.9 Å². The number of hydrogen-bond acceptors (Lipinski definition) is 6. The van der Waals surface area contributed by atoms with E-state index in [1.54, 1.807) is 0 Å². The van der Waals surface area contributed by atoms with Crippen LogP contribution in [-0.2, 0) is 25.6 Å². The van der Waals surface area contributed by atoms with Crippen LogP contribution in [0.3, 0.4) is 0 Å². The van der Waals surface area contributed by atoms with E-state index in [2.05, 4.69) is 20.9 Å². The molecular weight excluding hydrogens is 418 g/mol. The number of amides is 3. The Kier molecular flexibility index (Phi) is 11.2. The number of benzene rings is 1. The summed E-state index contributed by atoms with van der Waals surface area (Å²) >= 11 is 0. The van der Waals surface area contributed by atoms with Crippen LogP contribution >= 0.6 is 0 Å². The quantitative estimate of drug-likeness (QED) is 0.0993. The second kappa shape index (κ2) is 13.6. The summed E-state index contributed by atoms with van der Waals surface area (Å²) < 4.78 is 0. The minimum atomic E-state index is -1.23. The maximum Gasteiger partial charge on any atom is 0.322 e. The van der Waals surface area contributed by atoms with Gasteiger partial charge in [0.15, 0.2) is 5.96 Å². The van der Waals surface area contributed by atoms with Crippen molar-refractivity contribution in [1.82, 2.24) is 16.0 Å². The lowest BCUT2D eigenvalue weighted by Gasteiger charge is -2.22. The summed E-state index contributed by atoms with van der Waals surface area (Å²) in [5.41, 5.74) is 17.3. The number of hydrogen-bond donors (Lipinski definition) is 7. The van der Waals surface area contributed by atoms with Crippen molar-refractivity contribution in [2.75, 3.05) is 13.1 Å². The zero-order chi connectivity index (χ0) is 24.1. The maximum absolute atomic E-state index is 12.5. The molecule has 0 spiro atoms. The molecule has 3 amide bonds. The van der Waals surface area contributed by atoms with Crippen LogP contribution in [0.2, 0.25) is 0 Å². The van der Waals surface area contributed by atoms with E-state index in [4.69, 9.17) is 22.3 Å². The van der Waals surface area contributed by atoms with E-state index >= 15 is 0 Å². The van der Waals surface area contributed by atoms with E-state index in [1.165, 1.54) is 6.92 Å². The SMILES string of the molecule is CC(NC(=O)C(N)Cc1ccccc1)C(=O)NC(CCCN=C(N)N)C(=O)NCC(=O)O. The van der Waals surface area contributed by atoms with Gasteiger partial charge in [-0.1, -0.05) is 30.3 Å². The maximum atomic E-state index is 12.5. The number of nitrogens with one attached hydrogen (secondary N) is 3. The van der Waals surface area contributed by atoms with Crippen LogP contribution < -0.4 is 33.2 Å². The number of nitrogens with two attached hydrogens (primary N) is 3. The number of aliphatic carboxylic acids is 1. The normalized spacial score (nSPS) is 13.2. The van der Waals surface area contributed by atoms with Crippen molar-refractivity contribution in [3.63, 3.8) is 0 Å². The average Bonchev–Trinajstić information content (AvgIpc) is 2.74. The molecule has 10 N–H and O–H groups in total. The molecule has 0 heterocycles. The molecule has 12 heteroatoms. The number of guanidine groups is 1.